The normalized spacial score (nSPS) is 26.4. The number of ketones is 1. The Bertz CT molecular complexity index is 452. The van der Waals surface area contributed by atoms with E-state index >= 15 is 0 Å². The summed E-state index contributed by atoms with van der Waals surface area (Å²) in [5.41, 5.74) is 2.81. The van der Waals surface area contributed by atoms with Crippen LogP contribution in [-0.2, 0) is 16.0 Å². The number of rotatable bonds is 4. The van der Waals surface area contributed by atoms with Crippen molar-refractivity contribution in [2.75, 3.05) is 6.61 Å². The molecule has 2 aliphatic rings. The molecular formula is C17H22O2. The number of hydrogen-bond acceptors (Lipinski definition) is 2. The van der Waals surface area contributed by atoms with Crippen LogP contribution in [0.3, 0.4) is 0 Å². The summed E-state index contributed by atoms with van der Waals surface area (Å²) in [7, 11) is 0. The summed E-state index contributed by atoms with van der Waals surface area (Å²) in [6.45, 7) is 0.732. The summed E-state index contributed by atoms with van der Waals surface area (Å²) >= 11 is 0. The second-order valence-corrected chi connectivity index (χ2v) is 5.79. The van der Waals surface area contributed by atoms with Gasteiger partial charge >= 0.3 is 0 Å². The van der Waals surface area contributed by atoms with Crippen LogP contribution in [0.25, 0.3) is 0 Å². The number of aryl methyl sites for hydroxylation is 1. The van der Waals surface area contributed by atoms with E-state index in [1.807, 2.05) is 0 Å². The Kier molecular flexibility index (Phi) is 3.97. The van der Waals surface area contributed by atoms with Gasteiger partial charge in [-0.05, 0) is 49.7 Å². The molecule has 1 aromatic carbocycles. The summed E-state index contributed by atoms with van der Waals surface area (Å²) in [5.74, 6) is 0.728. The van der Waals surface area contributed by atoms with Crippen LogP contribution in [0.15, 0.2) is 24.3 Å². The Morgan fingerprint density at radius 1 is 1.11 bits per heavy atom. The molecule has 0 saturated heterocycles. The maximum absolute atomic E-state index is 11.6. The predicted octanol–water partition coefficient (Wildman–Crippen LogP) is 3.84. The minimum absolute atomic E-state index is 0.251. The van der Waals surface area contributed by atoms with Crippen molar-refractivity contribution < 1.29 is 9.53 Å². The summed E-state index contributed by atoms with van der Waals surface area (Å²) in [6, 6.07) is 8.62. The molecule has 0 heterocycles. The first kappa shape index (κ1) is 12.9. The van der Waals surface area contributed by atoms with E-state index in [9.17, 15) is 4.79 Å². The molecule has 0 aromatic heterocycles. The van der Waals surface area contributed by atoms with Crippen LogP contribution >= 0.6 is 0 Å². The number of fused-ring (bicyclic) bond motifs is 1. The third kappa shape index (κ3) is 2.89. The van der Waals surface area contributed by atoms with Crippen molar-refractivity contribution in [3.05, 3.63) is 35.4 Å². The molecule has 1 saturated carbocycles. The van der Waals surface area contributed by atoms with Crippen LogP contribution in [0, 0.1) is 5.92 Å². The SMILES string of the molecule is O=C1CCCC1CCOC1CCCc2ccccc21. The molecule has 2 aliphatic carbocycles. The van der Waals surface area contributed by atoms with Crippen molar-refractivity contribution >= 4 is 5.78 Å². The van der Waals surface area contributed by atoms with Gasteiger partial charge in [-0.25, -0.2) is 0 Å². The summed E-state index contributed by atoms with van der Waals surface area (Å²) in [5, 5.41) is 0. The van der Waals surface area contributed by atoms with Gasteiger partial charge in [0.15, 0.2) is 0 Å². The molecule has 1 fully saturated rings. The monoisotopic (exact) mass is 258 g/mol. The van der Waals surface area contributed by atoms with Crippen molar-refractivity contribution in [3.8, 4) is 0 Å². The summed E-state index contributed by atoms with van der Waals surface area (Å²) in [4.78, 5) is 11.6. The van der Waals surface area contributed by atoms with Gasteiger partial charge < -0.3 is 4.74 Å². The Morgan fingerprint density at radius 3 is 2.79 bits per heavy atom. The van der Waals surface area contributed by atoms with E-state index in [4.69, 9.17) is 4.74 Å². The fraction of sp³-hybridized carbons (Fsp3) is 0.588. The van der Waals surface area contributed by atoms with Crippen molar-refractivity contribution in [3.63, 3.8) is 0 Å². The van der Waals surface area contributed by atoms with E-state index < -0.39 is 0 Å². The van der Waals surface area contributed by atoms with Gasteiger partial charge in [0.1, 0.15) is 5.78 Å². The fourth-order valence-electron chi connectivity index (χ4n) is 3.43. The van der Waals surface area contributed by atoms with Gasteiger partial charge in [0, 0.05) is 18.9 Å². The lowest BCUT2D eigenvalue weighted by Gasteiger charge is -2.26. The zero-order chi connectivity index (χ0) is 13.1. The number of carbonyl (C=O) groups is 1. The van der Waals surface area contributed by atoms with Crippen LogP contribution in [0.1, 0.15) is 55.8 Å². The average Bonchev–Trinajstić information content (AvgIpc) is 2.85. The molecule has 2 nitrogen and oxygen atoms in total. The van der Waals surface area contributed by atoms with Gasteiger partial charge in [0.25, 0.3) is 0 Å². The molecular weight excluding hydrogens is 236 g/mol. The third-order valence-electron chi connectivity index (χ3n) is 4.53. The molecule has 0 aliphatic heterocycles. The molecule has 0 radical (unpaired) electrons. The van der Waals surface area contributed by atoms with Crippen LogP contribution in [-0.4, -0.2) is 12.4 Å². The average molecular weight is 258 g/mol. The van der Waals surface area contributed by atoms with E-state index in [0.717, 1.165) is 38.7 Å². The molecule has 0 N–H and O–H groups in total. The lowest BCUT2D eigenvalue weighted by Crippen LogP contribution is -2.16. The quantitative estimate of drug-likeness (QED) is 0.820. The van der Waals surface area contributed by atoms with E-state index in [-0.39, 0.29) is 12.0 Å². The van der Waals surface area contributed by atoms with Gasteiger partial charge in [-0.2, -0.15) is 0 Å². The lowest BCUT2D eigenvalue weighted by atomic mass is 9.89. The number of carbonyl (C=O) groups excluding carboxylic acids is 1. The van der Waals surface area contributed by atoms with E-state index in [1.54, 1.807) is 0 Å². The molecule has 102 valence electrons. The fourth-order valence-corrected chi connectivity index (χ4v) is 3.43. The lowest BCUT2D eigenvalue weighted by molar-refractivity contribution is -0.121. The largest absolute Gasteiger partial charge is 0.373 e. The van der Waals surface area contributed by atoms with Crippen LogP contribution in [0.2, 0.25) is 0 Å². The second kappa shape index (κ2) is 5.87. The first-order valence-corrected chi connectivity index (χ1v) is 7.57. The number of ether oxygens (including phenoxy) is 1. The highest BCUT2D eigenvalue weighted by Gasteiger charge is 2.25. The molecule has 0 spiro atoms. The molecule has 2 atom stereocenters. The van der Waals surface area contributed by atoms with Gasteiger partial charge in [0.2, 0.25) is 0 Å². The van der Waals surface area contributed by atoms with Gasteiger partial charge in [-0.15, -0.1) is 0 Å². The molecule has 2 heteroatoms. The minimum Gasteiger partial charge on any atom is -0.373 e. The van der Waals surface area contributed by atoms with Crippen LogP contribution in [0.5, 0.6) is 0 Å². The van der Waals surface area contributed by atoms with Crippen molar-refractivity contribution in [1.29, 1.82) is 0 Å². The molecule has 0 amide bonds. The zero-order valence-electron chi connectivity index (χ0n) is 11.4. The van der Waals surface area contributed by atoms with Gasteiger partial charge in [-0.3, -0.25) is 4.79 Å². The first-order valence-electron chi connectivity index (χ1n) is 7.57. The Hall–Kier alpha value is -1.15. The molecule has 2 unspecified atom stereocenters. The topological polar surface area (TPSA) is 26.3 Å². The molecule has 3 rings (SSSR count). The van der Waals surface area contributed by atoms with Gasteiger partial charge in [-0.1, -0.05) is 24.3 Å². The highest BCUT2D eigenvalue weighted by molar-refractivity contribution is 5.82. The van der Waals surface area contributed by atoms with Gasteiger partial charge in [0.05, 0.1) is 6.10 Å². The maximum Gasteiger partial charge on any atom is 0.136 e. The summed E-state index contributed by atoms with van der Waals surface area (Å²) in [6.07, 6.45) is 7.62. The van der Waals surface area contributed by atoms with Crippen LogP contribution in [0.4, 0.5) is 0 Å². The van der Waals surface area contributed by atoms with Crippen molar-refractivity contribution in [1.82, 2.24) is 0 Å². The first-order chi connectivity index (χ1) is 9.34. The smallest absolute Gasteiger partial charge is 0.136 e. The molecule has 0 bridgehead atoms. The predicted molar refractivity (Wildman–Crippen MR) is 75.0 cm³/mol. The van der Waals surface area contributed by atoms with E-state index in [0.29, 0.717) is 5.78 Å². The van der Waals surface area contributed by atoms with Crippen LogP contribution < -0.4 is 0 Å². The number of Topliss-reactive ketones (excluding diaryl/α,β-unsaturated/α-hetero) is 1. The number of benzene rings is 1. The molecule has 19 heavy (non-hydrogen) atoms. The van der Waals surface area contributed by atoms with E-state index in [1.165, 1.54) is 24.0 Å². The molecule has 1 aromatic rings. The maximum atomic E-state index is 11.6. The standard InChI is InChI=1S/C17H22O2/c18-16-9-3-7-14(16)11-12-19-17-10-4-6-13-5-1-2-8-15(13)17/h1-2,5,8,14,17H,3-4,6-7,9-12H2. The highest BCUT2D eigenvalue weighted by Crippen LogP contribution is 2.33. The number of hydrogen-bond donors (Lipinski definition) is 0. The Labute approximate surface area is 115 Å². The van der Waals surface area contributed by atoms with Crippen molar-refractivity contribution in [2.45, 2.75) is 51.0 Å². The van der Waals surface area contributed by atoms with E-state index in [2.05, 4.69) is 24.3 Å². The minimum atomic E-state index is 0.251. The Morgan fingerprint density at radius 2 is 1.95 bits per heavy atom. The van der Waals surface area contributed by atoms with Crippen molar-refractivity contribution in [2.24, 2.45) is 5.92 Å². The Balaban J connectivity index is 1.55. The highest BCUT2D eigenvalue weighted by atomic mass is 16.5. The third-order valence-corrected chi connectivity index (χ3v) is 4.53. The second-order valence-electron chi connectivity index (χ2n) is 5.79. The summed E-state index contributed by atoms with van der Waals surface area (Å²) < 4.78 is 6.07. The zero-order valence-corrected chi connectivity index (χ0v) is 11.4.